The van der Waals surface area contributed by atoms with E-state index in [1.807, 2.05) is 48.5 Å². The summed E-state index contributed by atoms with van der Waals surface area (Å²) in [5.41, 5.74) is 4.24. The number of phenolic OH excluding ortho intramolecular Hbond substituents is 1. The van der Waals surface area contributed by atoms with Crippen LogP contribution in [0, 0.1) is 0 Å². The number of rotatable bonds is 6. The number of carbonyl (C=O) groups is 2. The molecule has 1 aliphatic carbocycles. The Hall–Kier alpha value is -3.52. The fraction of sp³-hybridized carbons (Fsp3) is 0.167. The molecule has 1 atom stereocenters. The van der Waals surface area contributed by atoms with Gasteiger partial charge in [-0.1, -0.05) is 48.5 Å². The molecule has 0 aromatic heterocycles. The van der Waals surface area contributed by atoms with Gasteiger partial charge in [0.1, 0.15) is 18.1 Å². The molecule has 3 aromatic carbocycles. The first-order valence-corrected chi connectivity index (χ1v) is 10.6. The van der Waals surface area contributed by atoms with Crippen LogP contribution in [0.4, 0.5) is 4.79 Å². The second-order valence-electron chi connectivity index (χ2n) is 7.29. The molecular formula is C24H20BrNO6. The summed E-state index contributed by atoms with van der Waals surface area (Å²) < 4.78 is 10.8. The molecule has 8 heteroatoms. The maximum Gasteiger partial charge on any atom is 0.408 e. The fourth-order valence-electron chi connectivity index (χ4n) is 3.96. The molecule has 0 saturated carbocycles. The number of carboxylic acid groups (broad SMARTS) is 1. The first kappa shape index (κ1) is 21.7. The minimum atomic E-state index is -1.53. The molecule has 3 N–H and O–H groups in total. The number of hydrogen-bond acceptors (Lipinski definition) is 5. The highest BCUT2D eigenvalue weighted by Gasteiger charge is 2.31. The number of aliphatic carboxylic acids is 1. The highest BCUT2D eigenvalue weighted by molar-refractivity contribution is 9.10. The third-order valence-electron chi connectivity index (χ3n) is 5.47. The van der Waals surface area contributed by atoms with E-state index in [4.69, 9.17) is 9.47 Å². The Kier molecular flexibility index (Phi) is 6.05. The maximum absolute atomic E-state index is 12.5. The number of alkyl carbamates (subject to hydrolysis) is 1. The molecule has 0 heterocycles. The number of ether oxygens (including phenoxy) is 2. The first-order chi connectivity index (χ1) is 15.4. The van der Waals surface area contributed by atoms with E-state index in [-0.39, 0.29) is 28.3 Å². The van der Waals surface area contributed by atoms with Crippen LogP contribution < -0.4 is 10.1 Å². The highest BCUT2D eigenvalue weighted by Crippen LogP contribution is 2.44. The van der Waals surface area contributed by atoms with Gasteiger partial charge >= 0.3 is 12.1 Å². The maximum atomic E-state index is 12.5. The van der Waals surface area contributed by atoms with Crippen molar-refractivity contribution in [2.75, 3.05) is 13.7 Å². The molecule has 0 fully saturated rings. The minimum absolute atomic E-state index is 0.0303. The number of aromatic hydroxyl groups is 1. The number of hydrogen-bond donors (Lipinski definition) is 3. The number of nitrogens with one attached hydrogen (secondary N) is 1. The largest absolute Gasteiger partial charge is 0.506 e. The molecule has 32 heavy (non-hydrogen) atoms. The van der Waals surface area contributed by atoms with Crippen molar-refractivity contribution in [1.82, 2.24) is 5.32 Å². The third-order valence-corrected chi connectivity index (χ3v) is 6.07. The number of fused-ring (bicyclic) bond motifs is 3. The van der Waals surface area contributed by atoms with E-state index in [0.29, 0.717) is 5.75 Å². The predicted octanol–water partition coefficient (Wildman–Crippen LogP) is 4.83. The van der Waals surface area contributed by atoms with Gasteiger partial charge in [-0.3, -0.25) is 0 Å². The lowest BCUT2D eigenvalue weighted by atomic mass is 9.98. The van der Waals surface area contributed by atoms with Crippen LogP contribution in [0.2, 0.25) is 0 Å². The zero-order valence-electron chi connectivity index (χ0n) is 17.0. The SMILES string of the molecule is COc1cc(Br)c(O)c(C(NC(=O)OCC2c3ccccc3-c3ccccc32)C(=O)O)c1. The van der Waals surface area contributed by atoms with Crippen LogP contribution >= 0.6 is 15.9 Å². The van der Waals surface area contributed by atoms with Gasteiger partial charge in [0, 0.05) is 11.5 Å². The molecule has 0 saturated heterocycles. The molecule has 1 amide bonds. The van der Waals surface area contributed by atoms with Crippen molar-refractivity contribution in [3.63, 3.8) is 0 Å². The molecule has 4 rings (SSSR count). The predicted molar refractivity (Wildman–Crippen MR) is 121 cm³/mol. The summed E-state index contributed by atoms with van der Waals surface area (Å²) in [6, 6.07) is 17.1. The highest BCUT2D eigenvalue weighted by atomic mass is 79.9. The summed E-state index contributed by atoms with van der Waals surface area (Å²) in [6.45, 7) is 0.0417. The number of carbonyl (C=O) groups excluding carboxylic acids is 1. The Bertz CT molecular complexity index is 1150. The fourth-order valence-corrected chi connectivity index (χ4v) is 4.42. The van der Waals surface area contributed by atoms with Crippen LogP contribution in [0.3, 0.4) is 0 Å². The van der Waals surface area contributed by atoms with Gasteiger partial charge in [0.15, 0.2) is 6.04 Å². The lowest BCUT2D eigenvalue weighted by molar-refractivity contribution is -0.139. The second-order valence-corrected chi connectivity index (χ2v) is 8.14. The zero-order chi connectivity index (χ0) is 22.8. The number of halogens is 1. The normalized spacial score (nSPS) is 13.1. The summed E-state index contributed by atoms with van der Waals surface area (Å²) >= 11 is 3.16. The Morgan fingerprint density at radius 1 is 1.06 bits per heavy atom. The van der Waals surface area contributed by atoms with Crippen LogP contribution in [0.15, 0.2) is 65.1 Å². The molecule has 1 aliphatic rings. The molecule has 1 unspecified atom stereocenters. The van der Waals surface area contributed by atoms with E-state index in [0.717, 1.165) is 22.3 Å². The van der Waals surface area contributed by atoms with Gasteiger partial charge in [0.25, 0.3) is 0 Å². The Morgan fingerprint density at radius 2 is 1.66 bits per heavy atom. The average molecular weight is 498 g/mol. The quantitative estimate of drug-likeness (QED) is 0.450. The van der Waals surface area contributed by atoms with Gasteiger partial charge in [0.05, 0.1) is 11.6 Å². The molecule has 7 nitrogen and oxygen atoms in total. The third kappa shape index (κ3) is 4.01. The lowest BCUT2D eigenvalue weighted by Gasteiger charge is -2.19. The van der Waals surface area contributed by atoms with Gasteiger partial charge in [-0.05, 0) is 50.3 Å². The van der Waals surface area contributed by atoms with Gasteiger partial charge < -0.3 is 25.0 Å². The van der Waals surface area contributed by atoms with Crippen LogP contribution in [0.25, 0.3) is 11.1 Å². The van der Waals surface area contributed by atoms with Gasteiger partial charge in [0.2, 0.25) is 0 Å². The van der Waals surface area contributed by atoms with Crippen molar-refractivity contribution in [2.24, 2.45) is 0 Å². The van der Waals surface area contributed by atoms with E-state index in [9.17, 15) is 19.8 Å². The summed E-state index contributed by atoms with van der Waals surface area (Å²) in [6.07, 6.45) is -0.905. The smallest absolute Gasteiger partial charge is 0.408 e. The Balaban J connectivity index is 1.53. The molecule has 3 aromatic rings. The summed E-state index contributed by atoms with van der Waals surface area (Å²) in [5.74, 6) is -1.49. The zero-order valence-corrected chi connectivity index (χ0v) is 18.6. The summed E-state index contributed by atoms with van der Waals surface area (Å²) in [7, 11) is 1.41. The van der Waals surface area contributed by atoms with Crippen LogP contribution in [-0.2, 0) is 9.53 Å². The lowest BCUT2D eigenvalue weighted by Crippen LogP contribution is -2.35. The molecular weight excluding hydrogens is 478 g/mol. The topological polar surface area (TPSA) is 105 Å². The summed E-state index contributed by atoms with van der Waals surface area (Å²) in [5, 5.41) is 22.3. The van der Waals surface area contributed by atoms with Crippen molar-refractivity contribution < 1.29 is 29.3 Å². The standard InChI is InChI=1S/C24H20BrNO6/c1-31-13-10-18(22(27)20(25)11-13)21(23(28)29)26-24(30)32-12-19-16-8-4-2-6-14(16)15-7-3-5-9-17(15)19/h2-11,19,21,27H,12H2,1H3,(H,26,30)(H,28,29). The molecule has 0 spiro atoms. The number of phenols is 1. The van der Waals surface area contributed by atoms with E-state index in [1.54, 1.807) is 0 Å². The first-order valence-electron chi connectivity index (χ1n) is 9.81. The summed E-state index contributed by atoms with van der Waals surface area (Å²) in [4.78, 5) is 24.4. The van der Waals surface area contributed by atoms with E-state index >= 15 is 0 Å². The molecule has 0 aliphatic heterocycles. The van der Waals surface area contributed by atoms with Gasteiger partial charge in [-0.15, -0.1) is 0 Å². The minimum Gasteiger partial charge on any atom is -0.506 e. The number of benzene rings is 3. The van der Waals surface area contributed by atoms with Crippen molar-refractivity contribution >= 4 is 28.0 Å². The molecule has 0 bridgehead atoms. The number of amides is 1. The Labute approximate surface area is 192 Å². The van der Waals surface area contributed by atoms with Crippen molar-refractivity contribution in [1.29, 1.82) is 0 Å². The van der Waals surface area contributed by atoms with E-state index in [1.165, 1.54) is 19.2 Å². The van der Waals surface area contributed by atoms with Crippen molar-refractivity contribution in [2.45, 2.75) is 12.0 Å². The number of carboxylic acids is 1. The number of methoxy groups -OCH3 is 1. The Morgan fingerprint density at radius 3 is 2.22 bits per heavy atom. The van der Waals surface area contributed by atoms with E-state index < -0.39 is 18.1 Å². The van der Waals surface area contributed by atoms with Crippen LogP contribution in [0.1, 0.15) is 28.7 Å². The average Bonchev–Trinajstić information content (AvgIpc) is 3.11. The van der Waals surface area contributed by atoms with E-state index in [2.05, 4.69) is 21.2 Å². The second kappa shape index (κ2) is 8.92. The monoisotopic (exact) mass is 497 g/mol. The van der Waals surface area contributed by atoms with Crippen molar-refractivity contribution in [3.05, 3.63) is 81.8 Å². The van der Waals surface area contributed by atoms with Crippen LogP contribution in [-0.4, -0.2) is 36.0 Å². The van der Waals surface area contributed by atoms with Gasteiger partial charge in [-0.2, -0.15) is 0 Å². The molecule has 0 radical (unpaired) electrons. The molecule has 164 valence electrons. The van der Waals surface area contributed by atoms with Gasteiger partial charge in [-0.25, -0.2) is 9.59 Å². The van der Waals surface area contributed by atoms with Crippen molar-refractivity contribution in [3.8, 4) is 22.6 Å². The van der Waals surface area contributed by atoms with Crippen LogP contribution in [0.5, 0.6) is 11.5 Å².